The molecule has 0 bridgehead atoms. The predicted molar refractivity (Wildman–Crippen MR) is 132 cm³/mol. The molecule has 3 N–H and O–H groups in total. The molecule has 0 aromatic heterocycles. The van der Waals surface area contributed by atoms with Crippen LogP contribution < -0.4 is 10.6 Å². The Bertz CT molecular complexity index is 1040. The first-order valence-corrected chi connectivity index (χ1v) is 11.7. The summed E-state index contributed by atoms with van der Waals surface area (Å²) in [5.74, 6) is -1.69. The van der Waals surface area contributed by atoms with Crippen LogP contribution in [-0.2, 0) is 19.1 Å². The standard InChI is InChI=1S/C27H34N2O6/c1-26(2,3)35-15-22(23(30)28-16-27(4,5)24(31)32)29-25(33)34-14-21-19-12-8-6-10-17(19)18-11-7-9-13-20(18)21/h6-13,21-22H,14-16H2,1-5H3,(H,28,30)(H,29,33)(H,31,32)/t22-/m0/s1. The number of carbonyl (C=O) groups is 3. The highest BCUT2D eigenvalue weighted by molar-refractivity contribution is 5.86. The fourth-order valence-corrected chi connectivity index (χ4v) is 3.81. The Balaban J connectivity index is 1.66. The molecule has 2 aromatic carbocycles. The first-order valence-electron chi connectivity index (χ1n) is 11.7. The normalized spacial score (nSPS) is 14.0. The molecule has 0 unspecified atom stereocenters. The number of fused-ring (bicyclic) bond motifs is 3. The van der Waals surface area contributed by atoms with E-state index >= 15 is 0 Å². The van der Waals surface area contributed by atoms with Crippen LogP contribution in [0.3, 0.4) is 0 Å². The zero-order chi connectivity index (χ0) is 25.8. The minimum absolute atomic E-state index is 0.0902. The molecule has 1 aliphatic carbocycles. The molecule has 1 aliphatic rings. The third-order valence-corrected chi connectivity index (χ3v) is 5.92. The van der Waals surface area contributed by atoms with Crippen molar-refractivity contribution in [3.63, 3.8) is 0 Å². The van der Waals surface area contributed by atoms with Gasteiger partial charge >= 0.3 is 12.1 Å². The molecular formula is C27H34N2O6. The van der Waals surface area contributed by atoms with Gasteiger partial charge in [-0.3, -0.25) is 9.59 Å². The van der Waals surface area contributed by atoms with Crippen molar-refractivity contribution in [2.24, 2.45) is 5.41 Å². The lowest BCUT2D eigenvalue weighted by Crippen LogP contribution is -2.52. The van der Waals surface area contributed by atoms with E-state index in [2.05, 4.69) is 22.8 Å². The molecule has 0 fully saturated rings. The summed E-state index contributed by atoms with van der Waals surface area (Å²) in [7, 11) is 0. The van der Waals surface area contributed by atoms with Gasteiger partial charge in [0.05, 0.1) is 17.6 Å². The molecular weight excluding hydrogens is 448 g/mol. The summed E-state index contributed by atoms with van der Waals surface area (Å²) in [4.78, 5) is 36.9. The zero-order valence-corrected chi connectivity index (χ0v) is 20.9. The SMILES string of the molecule is CC(C)(C)OC[C@H](NC(=O)OCC1c2ccccc2-c2ccccc21)C(=O)NCC(C)(C)C(=O)O. The largest absolute Gasteiger partial charge is 0.481 e. The van der Waals surface area contributed by atoms with Crippen molar-refractivity contribution < 1.29 is 29.0 Å². The van der Waals surface area contributed by atoms with Crippen LogP contribution in [0.5, 0.6) is 0 Å². The monoisotopic (exact) mass is 482 g/mol. The summed E-state index contributed by atoms with van der Waals surface area (Å²) in [5, 5.41) is 14.5. The molecule has 8 heteroatoms. The van der Waals surface area contributed by atoms with Crippen molar-refractivity contribution in [3.05, 3.63) is 59.7 Å². The summed E-state index contributed by atoms with van der Waals surface area (Å²) >= 11 is 0. The van der Waals surface area contributed by atoms with Gasteiger partial charge in [-0.15, -0.1) is 0 Å². The summed E-state index contributed by atoms with van der Waals surface area (Å²) in [6.07, 6.45) is -0.748. The number of carboxylic acid groups (broad SMARTS) is 1. The fraction of sp³-hybridized carbons (Fsp3) is 0.444. The van der Waals surface area contributed by atoms with E-state index in [9.17, 15) is 19.5 Å². The second kappa shape index (κ2) is 10.5. The van der Waals surface area contributed by atoms with Crippen LogP contribution in [-0.4, -0.2) is 54.5 Å². The van der Waals surface area contributed by atoms with Gasteiger partial charge in [-0.25, -0.2) is 4.79 Å². The van der Waals surface area contributed by atoms with E-state index in [1.54, 1.807) is 0 Å². The van der Waals surface area contributed by atoms with Gasteiger partial charge in [-0.05, 0) is 56.9 Å². The Hall–Kier alpha value is -3.39. The Labute approximate surface area is 206 Å². The molecule has 2 amide bonds. The van der Waals surface area contributed by atoms with Crippen LogP contribution >= 0.6 is 0 Å². The zero-order valence-electron chi connectivity index (χ0n) is 20.9. The van der Waals surface area contributed by atoms with Crippen LogP contribution in [0.2, 0.25) is 0 Å². The number of hydrogen-bond acceptors (Lipinski definition) is 5. The maximum Gasteiger partial charge on any atom is 0.407 e. The molecule has 1 atom stereocenters. The molecule has 0 spiro atoms. The summed E-state index contributed by atoms with van der Waals surface area (Å²) in [6, 6.07) is 15.0. The third kappa shape index (κ3) is 6.60. The number of carboxylic acids is 1. The molecule has 35 heavy (non-hydrogen) atoms. The molecule has 0 saturated heterocycles. The van der Waals surface area contributed by atoms with Gasteiger partial charge in [-0.2, -0.15) is 0 Å². The van der Waals surface area contributed by atoms with Crippen molar-refractivity contribution in [2.75, 3.05) is 19.8 Å². The van der Waals surface area contributed by atoms with Crippen molar-refractivity contribution in [1.29, 1.82) is 0 Å². The number of nitrogens with one attached hydrogen (secondary N) is 2. The molecule has 0 aliphatic heterocycles. The van der Waals surface area contributed by atoms with Crippen LogP contribution in [0, 0.1) is 5.41 Å². The van der Waals surface area contributed by atoms with Crippen LogP contribution in [0.25, 0.3) is 11.1 Å². The van der Waals surface area contributed by atoms with Gasteiger partial charge in [0, 0.05) is 12.5 Å². The predicted octanol–water partition coefficient (Wildman–Crippen LogP) is 3.94. The van der Waals surface area contributed by atoms with E-state index < -0.39 is 35.0 Å². The second-order valence-electron chi connectivity index (χ2n) is 10.4. The Kier molecular flexibility index (Phi) is 7.85. The van der Waals surface area contributed by atoms with Gasteiger partial charge in [-0.1, -0.05) is 48.5 Å². The van der Waals surface area contributed by atoms with E-state index in [1.165, 1.54) is 13.8 Å². The lowest BCUT2D eigenvalue weighted by Gasteiger charge is -2.26. The lowest BCUT2D eigenvalue weighted by atomic mass is 9.94. The summed E-state index contributed by atoms with van der Waals surface area (Å²) in [5.41, 5.74) is 2.71. The first-order chi connectivity index (χ1) is 16.4. The molecule has 188 valence electrons. The van der Waals surface area contributed by atoms with Gasteiger partial charge in [0.25, 0.3) is 0 Å². The average molecular weight is 483 g/mol. The van der Waals surface area contributed by atoms with E-state index in [1.807, 2.05) is 57.2 Å². The molecule has 0 saturated carbocycles. The van der Waals surface area contributed by atoms with Gasteiger partial charge in [0.1, 0.15) is 12.6 Å². The molecule has 3 rings (SSSR count). The number of carbonyl (C=O) groups excluding carboxylic acids is 2. The number of aliphatic carboxylic acids is 1. The van der Waals surface area contributed by atoms with Crippen LogP contribution in [0.4, 0.5) is 4.79 Å². The number of alkyl carbamates (subject to hydrolysis) is 1. The van der Waals surface area contributed by atoms with E-state index in [0.717, 1.165) is 22.3 Å². The highest BCUT2D eigenvalue weighted by atomic mass is 16.5. The fourth-order valence-electron chi connectivity index (χ4n) is 3.81. The Morgan fingerprint density at radius 2 is 1.49 bits per heavy atom. The van der Waals surface area contributed by atoms with E-state index in [-0.39, 0.29) is 25.7 Å². The Morgan fingerprint density at radius 1 is 0.943 bits per heavy atom. The maximum atomic E-state index is 12.8. The number of ether oxygens (including phenoxy) is 2. The highest BCUT2D eigenvalue weighted by Gasteiger charge is 2.32. The average Bonchev–Trinajstić information content (AvgIpc) is 3.12. The minimum atomic E-state index is -1.16. The summed E-state index contributed by atoms with van der Waals surface area (Å²) in [6.45, 7) is 8.45. The third-order valence-electron chi connectivity index (χ3n) is 5.92. The molecule has 0 radical (unpaired) electrons. The first kappa shape index (κ1) is 26.2. The van der Waals surface area contributed by atoms with Crippen molar-refractivity contribution in [2.45, 2.75) is 52.2 Å². The summed E-state index contributed by atoms with van der Waals surface area (Å²) < 4.78 is 11.3. The lowest BCUT2D eigenvalue weighted by molar-refractivity contribution is -0.146. The topological polar surface area (TPSA) is 114 Å². The van der Waals surface area contributed by atoms with Gasteiger partial charge < -0.3 is 25.2 Å². The van der Waals surface area contributed by atoms with Crippen LogP contribution in [0.15, 0.2) is 48.5 Å². The second-order valence-corrected chi connectivity index (χ2v) is 10.4. The molecule has 8 nitrogen and oxygen atoms in total. The van der Waals surface area contributed by atoms with E-state index in [4.69, 9.17) is 9.47 Å². The highest BCUT2D eigenvalue weighted by Crippen LogP contribution is 2.44. The molecule has 0 heterocycles. The van der Waals surface area contributed by atoms with Crippen molar-refractivity contribution in [1.82, 2.24) is 10.6 Å². The van der Waals surface area contributed by atoms with Gasteiger partial charge in [0.15, 0.2) is 0 Å². The molecule has 2 aromatic rings. The smallest absolute Gasteiger partial charge is 0.407 e. The quantitative estimate of drug-likeness (QED) is 0.499. The maximum absolute atomic E-state index is 12.8. The number of rotatable bonds is 9. The number of hydrogen-bond donors (Lipinski definition) is 3. The number of benzene rings is 2. The van der Waals surface area contributed by atoms with Crippen molar-refractivity contribution >= 4 is 18.0 Å². The minimum Gasteiger partial charge on any atom is -0.481 e. The Morgan fingerprint density at radius 3 is 2.00 bits per heavy atom. The van der Waals surface area contributed by atoms with Gasteiger partial charge in [0.2, 0.25) is 5.91 Å². The number of amides is 2. The van der Waals surface area contributed by atoms with Crippen molar-refractivity contribution in [3.8, 4) is 11.1 Å². The van der Waals surface area contributed by atoms with Crippen LogP contribution in [0.1, 0.15) is 51.7 Å². The van der Waals surface area contributed by atoms with E-state index in [0.29, 0.717) is 0 Å².